The van der Waals surface area contributed by atoms with Crippen molar-refractivity contribution in [1.82, 2.24) is 4.90 Å². The fourth-order valence-corrected chi connectivity index (χ4v) is 5.25. The minimum Gasteiger partial charge on any atom is -0.365 e. The molecule has 2 heterocycles. The Hall–Kier alpha value is -3.01. The summed E-state index contributed by atoms with van der Waals surface area (Å²) in [6.07, 6.45) is 0.505. The number of benzene rings is 2. The van der Waals surface area contributed by atoms with Crippen molar-refractivity contribution >= 4 is 62.8 Å². The number of fused-ring (bicyclic) bond motifs is 1. The summed E-state index contributed by atoms with van der Waals surface area (Å²) >= 11 is 12.8. The average molecular weight is 489 g/mol. The number of para-hydroxylation sites is 1. The Morgan fingerprint density at radius 2 is 1.84 bits per heavy atom. The summed E-state index contributed by atoms with van der Waals surface area (Å²) < 4.78 is 14.0. The lowest BCUT2D eigenvalue weighted by molar-refractivity contribution is 0.1000. The van der Waals surface area contributed by atoms with E-state index in [1.54, 1.807) is 42.5 Å². The Balaban J connectivity index is 1.56. The molecular weight excluding hydrogens is 471 g/mol. The molecule has 10 heteroatoms. The van der Waals surface area contributed by atoms with Gasteiger partial charge in [0.2, 0.25) is 0 Å². The zero-order chi connectivity index (χ0) is 22.8. The van der Waals surface area contributed by atoms with E-state index in [1.165, 1.54) is 17.4 Å². The molecule has 0 bridgehead atoms. The number of halogens is 2. The maximum atomic E-state index is 14.0. The van der Waals surface area contributed by atoms with Crippen LogP contribution in [-0.4, -0.2) is 28.4 Å². The molecule has 3 aromatic rings. The molecule has 0 saturated carbocycles. The van der Waals surface area contributed by atoms with Gasteiger partial charge in [0.1, 0.15) is 10.8 Å². The number of carbonyl (C=O) groups is 2. The molecule has 4 rings (SSSR count). The molecular formula is C22H18ClFN4O2S2. The van der Waals surface area contributed by atoms with Crippen molar-refractivity contribution in [2.24, 2.45) is 5.73 Å². The predicted molar refractivity (Wildman–Crippen MR) is 129 cm³/mol. The highest BCUT2D eigenvalue weighted by Gasteiger charge is 2.29. The number of thiocarbonyl (C=S) groups is 1. The second kappa shape index (κ2) is 9.23. The van der Waals surface area contributed by atoms with Gasteiger partial charge in [-0.05, 0) is 48.5 Å². The fourth-order valence-electron chi connectivity index (χ4n) is 3.50. The van der Waals surface area contributed by atoms with E-state index in [9.17, 15) is 14.0 Å². The van der Waals surface area contributed by atoms with Crippen LogP contribution < -0.4 is 16.4 Å². The standard InChI is InChI=1S/C22H18ClFN4O2S2/c23-14-6-2-1-5-12(14)20(30)27-21-18(19(25)29)13-9-10-28(11-17(13)32-21)22(31)26-16-8-4-3-7-15(16)24/h1-8H,9-11H2,(H2,25,29)(H,26,31)(H,27,30). The van der Waals surface area contributed by atoms with Crippen LogP contribution in [0, 0.1) is 5.82 Å². The number of nitrogens with zero attached hydrogens (tertiary/aromatic N) is 1. The maximum absolute atomic E-state index is 14.0. The monoisotopic (exact) mass is 488 g/mol. The van der Waals surface area contributed by atoms with Crippen molar-refractivity contribution in [3.05, 3.63) is 80.9 Å². The van der Waals surface area contributed by atoms with Crippen molar-refractivity contribution in [3.8, 4) is 0 Å². The molecule has 1 aliphatic rings. The highest BCUT2D eigenvalue weighted by atomic mass is 35.5. The zero-order valence-electron chi connectivity index (χ0n) is 16.7. The first kappa shape index (κ1) is 22.2. The van der Waals surface area contributed by atoms with Crippen molar-refractivity contribution in [2.45, 2.75) is 13.0 Å². The maximum Gasteiger partial charge on any atom is 0.257 e. The Morgan fingerprint density at radius 1 is 1.12 bits per heavy atom. The van der Waals surface area contributed by atoms with Gasteiger partial charge in [-0.15, -0.1) is 11.3 Å². The van der Waals surface area contributed by atoms with Crippen molar-refractivity contribution in [2.75, 3.05) is 17.2 Å². The van der Waals surface area contributed by atoms with Gasteiger partial charge in [-0.3, -0.25) is 9.59 Å². The predicted octanol–water partition coefficient (Wildman–Crippen LogP) is 4.65. The summed E-state index contributed by atoms with van der Waals surface area (Å²) in [5, 5.41) is 6.76. The number of nitrogens with two attached hydrogens (primary N) is 1. The van der Waals surface area contributed by atoms with Gasteiger partial charge in [0.15, 0.2) is 5.11 Å². The molecule has 0 saturated heterocycles. The third-order valence-electron chi connectivity index (χ3n) is 5.05. The number of primary amides is 1. The van der Waals surface area contributed by atoms with Crippen LogP contribution in [0.25, 0.3) is 0 Å². The summed E-state index contributed by atoms with van der Waals surface area (Å²) in [4.78, 5) is 27.6. The van der Waals surface area contributed by atoms with E-state index in [1.807, 2.05) is 4.90 Å². The third-order valence-corrected chi connectivity index (χ3v) is 6.87. The van der Waals surface area contributed by atoms with Crippen LogP contribution in [0.4, 0.5) is 15.1 Å². The van der Waals surface area contributed by atoms with Gasteiger partial charge >= 0.3 is 0 Å². The third kappa shape index (κ3) is 4.45. The molecule has 2 aromatic carbocycles. The molecule has 1 aromatic heterocycles. The number of nitrogens with one attached hydrogen (secondary N) is 2. The van der Waals surface area contributed by atoms with Crippen LogP contribution in [0.5, 0.6) is 0 Å². The minimum atomic E-state index is -0.613. The molecule has 2 amide bonds. The minimum absolute atomic E-state index is 0.292. The highest BCUT2D eigenvalue weighted by Crippen LogP contribution is 2.37. The Labute approximate surface area is 198 Å². The second-order valence-corrected chi connectivity index (χ2v) is 8.99. The molecule has 32 heavy (non-hydrogen) atoms. The first-order valence-corrected chi connectivity index (χ1v) is 11.3. The summed E-state index contributed by atoms with van der Waals surface area (Å²) in [7, 11) is 0. The van der Waals surface area contributed by atoms with E-state index in [0.29, 0.717) is 51.5 Å². The van der Waals surface area contributed by atoms with Crippen molar-refractivity contribution < 1.29 is 14.0 Å². The molecule has 164 valence electrons. The smallest absolute Gasteiger partial charge is 0.257 e. The van der Waals surface area contributed by atoms with E-state index >= 15 is 0 Å². The molecule has 4 N–H and O–H groups in total. The topological polar surface area (TPSA) is 87.5 Å². The fraction of sp³-hybridized carbons (Fsp3) is 0.136. The summed E-state index contributed by atoms with van der Waals surface area (Å²) in [5.74, 6) is -1.44. The number of carbonyl (C=O) groups excluding carboxylic acids is 2. The zero-order valence-corrected chi connectivity index (χ0v) is 19.0. The molecule has 0 fully saturated rings. The summed E-state index contributed by atoms with van der Waals surface area (Å²) in [6, 6.07) is 12.9. The van der Waals surface area contributed by atoms with Crippen molar-refractivity contribution in [3.63, 3.8) is 0 Å². The van der Waals surface area contributed by atoms with Gasteiger partial charge in [-0.2, -0.15) is 0 Å². The van der Waals surface area contributed by atoms with E-state index in [4.69, 9.17) is 29.6 Å². The largest absolute Gasteiger partial charge is 0.365 e. The Kier molecular flexibility index (Phi) is 6.40. The van der Waals surface area contributed by atoms with Crippen LogP contribution in [0.1, 0.15) is 31.2 Å². The molecule has 0 aliphatic carbocycles. The van der Waals surface area contributed by atoms with Gasteiger partial charge in [0.25, 0.3) is 11.8 Å². The normalized spacial score (nSPS) is 12.8. The molecule has 0 radical (unpaired) electrons. The lowest BCUT2D eigenvalue weighted by atomic mass is 10.0. The molecule has 0 spiro atoms. The van der Waals surface area contributed by atoms with Crippen LogP contribution in [-0.2, 0) is 13.0 Å². The number of amides is 2. The van der Waals surface area contributed by atoms with Crippen molar-refractivity contribution in [1.29, 1.82) is 0 Å². The highest BCUT2D eigenvalue weighted by molar-refractivity contribution is 7.80. The lowest BCUT2D eigenvalue weighted by Crippen LogP contribution is -2.38. The summed E-state index contributed by atoms with van der Waals surface area (Å²) in [6.45, 7) is 0.921. The molecule has 1 aliphatic heterocycles. The van der Waals surface area contributed by atoms with Crippen LogP contribution >= 0.6 is 35.2 Å². The van der Waals surface area contributed by atoms with Gasteiger partial charge in [-0.25, -0.2) is 4.39 Å². The van der Waals surface area contributed by atoms with E-state index in [0.717, 1.165) is 10.4 Å². The number of hydrogen-bond donors (Lipinski definition) is 3. The van der Waals surface area contributed by atoms with E-state index in [-0.39, 0.29) is 0 Å². The Morgan fingerprint density at radius 3 is 2.56 bits per heavy atom. The summed E-state index contributed by atoms with van der Waals surface area (Å²) in [5.41, 5.74) is 7.33. The molecule has 6 nitrogen and oxygen atoms in total. The molecule has 0 atom stereocenters. The quantitative estimate of drug-likeness (QED) is 0.465. The van der Waals surface area contributed by atoms with Gasteiger partial charge < -0.3 is 21.3 Å². The number of thiophene rings is 1. The first-order chi connectivity index (χ1) is 15.3. The van der Waals surface area contributed by atoms with Crippen LogP contribution in [0.2, 0.25) is 5.02 Å². The van der Waals surface area contributed by atoms with Gasteiger partial charge in [0.05, 0.1) is 28.4 Å². The Bertz CT molecular complexity index is 1230. The SMILES string of the molecule is NC(=O)c1c(NC(=O)c2ccccc2Cl)sc2c1CCN(C(=S)Nc1ccccc1F)C2. The van der Waals surface area contributed by atoms with Crippen LogP contribution in [0.3, 0.4) is 0 Å². The number of hydrogen-bond acceptors (Lipinski definition) is 4. The number of rotatable bonds is 4. The lowest BCUT2D eigenvalue weighted by Gasteiger charge is -2.29. The first-order valence-electron chi connectivity index (χ1n) is 9.66. The second-order valence-electron chi connectivity index (χ2n) is 7.09. The van der Waals surface area contributed by atoms with Gasteiger partial charge in [0, 0.05) is 11.4 Å². The number of anilines is 2. The van der Waals surface area contributed by atoms with Gasteiger partial charge in [-0.1, -0.05) is 35.9 Å². The van der Waals surface area contributed by atoms with E-state index < -0.39 is 17.6 Å². The van der Waals surface area contributed by atoms with E-state index in [2.05, 4.69) is 10.6 Å². The molecule has 0 unspecified atom stereocenters. The average Bonchev–Trinajstić information content (AvgIpc) is 3.12. The van der Waals surface area contributed by atoms with Crippen LogP contribution in [0.15, 0.2) is 48.5 Å².